The summed E-state index contributed by atoms with van der Waals surface area (Å²) in [5.74, 6) is 0.726. The number of aliphatic hydroxyl groups excluding tert-OH is 1. The van der Waals surface area contributed by atoms with Crippen LogP contribution in [0.25, 0.3) is 0 Å². The molecule has 1 saturated heterocycles. The van der Waals surface area contributed by atoms with Crippen LogP contribution in [0.1, 0.15) is 26.7 Å². The third-order valence-corrected chi connectivity index (χ3v) is 3.05. The largest absolute Gasteiger partial charge is 0.390 e. The number of β-amino-alcohol motifs (C(OH)–C–C–N with tert-alkyl or cyclic N) is 1. The first-order valence-corrected chi connectivity index (χ1v) is 5.85. The lowest BCUT2D eigenvalue weighted by Crippen LogP contribution is -2.50. The highest BCUT2D eigenvalue weighted by Gasteiger charge is 2.25. The van der Waals surface area contributed by atoms with Crippen LogP contribution in [-0.4, -0.2) is 41.2 Å². The smallest absolute Gasteiger partial charge is 0.0829 e. The van der Waals surface area contributed by atoms with Gasteiger partial charge in [-0.25, -0.2) is 0 Å². The Kier molecular flexibility index (Phi) is 5.23. The monoisotopic (exact) mass is 218 g/mol. The van der Waals surface area contributed by atoms with Gasteiger partial charge >= 0.3 is 0 Å². The van der Waals surface area contributed by atoms with E-state index in [9.17, 15) is 5.11 Å². The second-order valence-electron chi connectivity index (χ2n) is 4.51. The predicted molar refractivity (Wildman–Crippen MR) is 62.4 cm³/mol. The Balaban J connectivity index is 2.17. The van der Waals surface area contributed by atoms with Crippen molar-refractivity contribution in [1.29, 1.82) is 0 Å². The maximum Gasteiger partial charge on any atom is 0.0829 e. The molecule has 0 aromatic rings. The molecule has 3 nitrogen and oxygen atoms in total. The van der Waals surface area contributed by atoms with Gasteiger partial charge < -0.3 is 10.4 Å². The maximum absolute atomic E-state index is 9.75. The number of nitrogens with one attached hydrogen (secondary N) is 1. The second-order valence-corrected chi connectivity index (χ2v) is 5.08. The average Bonchev–Trinajstić information content (AvgIpc) is 2.08. The molecule has 1 aliphatic heterocycles. The fraction of sp³-hybridized carbons (Fsp3) is 1.00. The molecule has 0 saturated carbocycles. The summed E-state index contributed by atoms with van der Waals surface area (Å²) < 4.78 is 1.88. The molecule has 0 amide bonds. The van der Waals surface area contributed by atoms with Crippen LogP contribution >= 0.6 is 12.8 Å². The number of rotatable bonds is 4. The van der Waals surface area contributed by atoms with E-state index in [1.165, 1.54) is 6.42 Å². The highest BCUT2D eigenvalue weighted by Crippen LogP contribution is 2.12. The van der Waals surface area contributed by atoms with Crippen LogP contribution in [-0.2, 0) is 0 Å². The van der Waals surface area contributed by atoms with E-state index < -0.39 is 0 Å². The van der Waals surface area contributed by atoms with Crippen molar-refractivity contribution in [1.82, 2.24) is 9.62 Å². The van der Waals surface area contributed by atoms with Gasteiger partial charge in [0.25, 0.3) is 0 Å². The number of aliphatic hydroxyl groups is 1. The lowest BCUT2D eigenvalue weighted by Gasteiger charge is -2.33. The fourth-order valence-electron chi connectivity index (χ4n) is 1.71. The van der Waals surface area contributed by atoms with Crippen molar-refractivity contribution >= 4 is 12.8 Å². The Morgan fingerprint density at radius 1 is 1.57 bits per heavy atom. The Morgan fingerprint density at radius 2 is 2.29 bits per heavy atom. The topological polar surface area (TPSA) is 35.5 Å². The molecule has 84 valence electrons. The second kappa shape index (κ2) is 5.95. The molecule has 1 aliphatic rings. The molecule has 0 radical (unpaired) electrons. The molecular weight excluding hydrogens is 196 g/mol. The van der Waals surface area contributed by atoms with Crippen LogP contribution in [0.5, 0.6) is 0 Å². The van der Waals surface area contributed by atoms with Crippen molar-refractivity contribution in [2.24, 2.45) is 5.92 Å². The van der Waals surface area contributed by atoms with Gasteiger partial charge in [-0.3, -0.25) is 4.31 Å². The van der Waals surface area contributed by atoms with Crippen molar-refractivity contribution in [3.63, 3.8) is 0 Å². The van der Waals surface area contributed by atoms with E-state index in [-0.39, 0.29) is 12.1 Å². The van der Waals surface area contributed by atoms with Crippen LogP contribution in [0.15, 0.2) is 0 Å². The van der Waals surface area contributed by atoms with Crippen LogP contribution in [0.2, 0.25) is 0 Å². The molecule has 1 rings (SSSR count). The zero-order valence-electron chi connectivity index (χ0n) is 9.11. The lowest BCUT2D eigenvalue weighted by molar-refractivity contribution is 0.0762. The van der Waals surface area contributed by atoms with E-state index in [4.69, 9.17) is 0 Å². The minimum Gasteiger partial charge on any atom is -0.390 e. The Hall–Kier alpha value is 0.230. The lowest BCUT2D eigenvalue weighted by atomic mass is 10.0. The number of nitrogens with zero attached hydrogens (tertiary/aromatic N) is 1. The normalized spacial score (nSPS) is 29.8. The first-order valence-electron chi connectivity index (χ1n) is 5.45. The highest BCUT2D eigenvalue weighted by atomic mass is 32.1. The van der Waals surface area contributed by atoms with Crippen molar-refractivity contribution in [3.8, 4) is 0 Å². The summed E-state index contributed by atoms with van der Waals surface area (Å²) >= 11 is 4.23. The fourth-order valence-corrected chi connectivity index (χ4v) is 1.99. The Bertz CT molecular complexity index is 166. The number of hydrogen-bond donors (Lipinski definition) is 3. The third-order valence-electron chi connectivity index (χ3n) is 2.69. The molecule has 0 aromatic heterocycles. The highest BCUT2D eigenvalue weighted by molar-refractivity contribution is 7.77. The molecular formula is C10H22N2OS. The van der Waals surface area contributed by atoms with E-state index in [2.05, 4.69) is 32.0 Å². The minimum absolute atomic E-state index is 0.261. The van der Waals surface area contributed by atoms with E-state index >= 15 is 0 Å². The van der Waals surface area contributed by atoms with E-state index in [1.54, 1.807) is 0 Å². The minimum atomic E-state index is -0.270. The molecule has 0 spiro atoms. The van der Waals surface area contributed by atoms with E-state index in [0.717, 1.165) is 25.4 Å². The molecule has 4 heteroatoms. The molecule has 0 aliphatic carbocycles. The summed E-state index contributed by atoms with van der Waals surface area (Å²) in [7, 11) is 0. The first-order chi connectivity index (χ1) is 6.59. The van der Waals surface area contributed by atoms with Crippen LogP contribution < -0.4 is 5.32 Å². The molecule has 0 bridgehead atoms. The van der Waals surface area contributed by atoms with Gasteiger partial charge in [0.2, 0.25) is 0 Å². The third kappa shape index (κ3) is 4.17. The molecule has 2 unspecified atom stereocenters. The zero-order chi connectivity index (χ0) is 10.6. The Morgan fingerprint density at radius 3 is 2.86 bits per heavy atom. The molecule has 0 aromatic carbocycles. The SMILES string of the molecule is CC(C)CCNC1CCN(S)CC1O. The number of thiol groups is 1. The van der Waals surface area contributed by atoms with Gasteiger partial charge in [0.15, 0.2) is 0 Å². The zero-order valence-corrected chi connectivity index (χ0v) is 10.0. The Labute approximate surface area is 92.4 Å². The summed E-state index contributed by atoms with van der Waals surface area (Å²) in [6.07, 6.45) is 1.89. The first kappa shape index (κ1) is 12.3. The molecule has 14 heavy (non-hydrogen) atoms. The van der Waals surface area contributed by atoms with Gasteiger partial charge in [-0.2, -0.15) is 0 Å². The maximum atomic E-state index is 9.75. The van der Waals surface area contributed by atoms with Crippen molar-refractivity contribution in [2.75, 3.05) is 19.6 Å². The van der Waals surface area contributed by atoms with Crippen LogP contribution in [0.3, 0.4) is 0 Å². The molecule has 1 heterocycles. The van der Waals surface area contributed by atoms with Gasteiger partial charge in [0, 0.05) is 19.1 Å². The summed E-state index contributed by atoms with van der Waals surface area (Å²) in [6, 6.07) is 0.261. The predicted octanol–water partition coefficient (Wildman–Crippen LogP) is 0.902. The number of piperidine rings is 1. The van der Waals surface area contributed by atoms with Crippen molar-refractivity contribution in [3.05, 3.63) is 0 Å². The van der Waals surface area contributed by atoms with Gasteiger partial charge in [-0.15, -0.1) is 0 Å². The molecule has 2 N–H and O–H groups in total. The van der Waals surface area contributed by atoms with Crippen LogP contribution in [0, 0.1) is 5.92 Å². The van der Waals surface area contributed by atoms with Gasteiger partial charge in [0.1, 0.15) is 0 Å². The molecule has 1 fully saturated rings. The van der Waals surface area contributed by atoms with Gasteiger partial charge in [-0.05, 0) is 25.3 Å². The van der Waals surface area contributed by atoms with Crippen LogP contribution in [0.4, 0.5) is 0 Å². The number of hydrogen-bond acceptors (Lipinski definition) is 4. The van der Waals surface area contributed by atoms with Crippen molar-refractivity contribution < 1.29 is 5.11 Å². The molecule has 2 atom stereocenters. The van der Waals surface area contributed by atoms with Gasteiger partial charge in [-0.1, -0.05) is 26.7 Å². The summed E-state index contributed by atoms with van der Waals surface area (Å²) in [6.45, 7) is 7.07. The summed E-state index contributed by atoms with van der Waals surface area (Å²) in [5, 5.41) is 13.2. The van der Waals surface area contributed by atoms with Gasteiger partial charge in [0.05, 0.1) is 6.10 Å². The summed E-state index contributed by atoms with van der Waals surface area (Å²) in [4.78, 5) is 0. The quantitative estimate of drug-likeness (QED) is 0.614. The van der Waals surface area contributed by atoms with Crippen molar-refractivity contribution in [2.45, 2.75) is 38.8 Å². The summed E-state index contributed by atoms with van der Waals surface area (Å²) in [5.41, 5.74) is 0. The average molecular weight is 218 g/mol. The van der Waals surface area contributed by atoms with E-state index in [0.29, 0.717) is 6.54 Å². The van der Waals surface area contributed by atoms with E-state index in [1.807, 2.05) is 4.31 Å². The standard InChI is InChI=1S/C10H22N2OS/c1-8(2)3-5-11-9-4-6-12(14)7-10(9)13/h8-11,13-14H,3-7H2,1-2H3.